The second-order valence-corrected chi connectivity index (χ2v) is 8.76. The Kier molecular flexibility index (Phi) is 8.28. The Morgan fingerprint density at radius 1 is 1.30 bits per heavy atom. The minimum absolute atomic E-state index is 0.0421. The Balaban J connectivity index is 2.02. The van der Waals surface area contributed by atoms with Crippen LogP contribution in [-0.4, -0.2) is 66.0 Å². The smallest absolute Gasteiger partial charge is 0.410 e. The Hall–Kier alpha value is -2.55. The minimum Gasteiger partial charge on any atom is -0.444 e. The van der Waals surface area contributed by atoms with Crippen molar-refractivity contribution in [1.82, 2.24) is 4.90 Å². The van der Waals surface area contributed by atoms with Crippen LogP contribution in [0.5, 0.6) is 0 Å². The number of rotatable bonds is 8. The molecule has 2 rings (SSSR count). The number of anilines is 2. The van der Waals surface area contributed by atoms with Gasteiger partial charge < -0.3 is 25.0 Å². The van der Waals surface area contributed by atoms with Crippen LogP contribution in [0.2, 0.25) is 0 Å². The molecule has 0 saturated carbocycles. The Labute approximate surface area is 178 Å². The summed E-state index contributed by atoms with van der Waals surface area (Å²) < 4.78 is 5.43. The van der Waals surface area contributed by atoms with Gasteiger partial charge in [-0.1, -0.05) is 6.92 Å². The fourth-order valence-corrected chi connectivity index (χ4v) is 3.32. The van der Waals surface area contributed by atoms with Crippen LogP contribution in [0, 0.1) is 16.0 Å². The van der Waals surface area contributed by atoms with Crippen LogP contribution in [0.25, 0.3) is 0 Å². The normalized spacial score (nSPS) is 15.6. The van der Waals surface area contributed by atoms with Crippen LogP contribution >= 0.6 is 0 Å². The predicted octanol–water partition coefficient (Wildman–Crippen LogP) is 3.47. The number of ether oxygens (including phenoxy) is 1. The number of nitrogens with zero attached hydrogens (tertiary/aromatic N) is 3. The summed E-state index contributed by atoms with van der Waals surface area (Å²) >= 11 is 0. The summed E-state index contributed by atoms with van der Waals surface area (Å²) in [5, 5.41) is 23.6. The second-order valence-electron chi connectivity index (χ2n) is 8.76. The molecule has 2 N–H and O–H groups in total. The molecule has 168 valence electrons. The van der Waals surface area contributed by atoms with Crippen molar-refractivity contribution in [3.63, 3.8) is 0 Å². The Morgan fingerprint density at radius 2 is 1.97 bits per heavy atom. The highest BCUT2D eigenvalue weighted by molar-refractivity contribution is 5.71. The lowest BCUT2D eigenvalue weighted by Crippen LogP contribution is -2.50. The predicted molar refractivity (Wildman–Crippen MR) is 117 cm³/mol. The second kappa shape index (κ2) is 10.5. The van der Waals surface area contributed by atoms with E-state index in [9.17, 15) is 14.9 Å². The van der Waals surface area contributed by atoms with E-state index in [1.807, 2.05) is 27.7 Å². The average Bonchev–Trinajstić information content (AvgIpc) is 2.69. The van der Waals surface area contributed by atoms with Gasteiger partial charge in [-0.25, -0.2) is 4.79 Å². The molecule has 1 aromatic rings. The van der Waals surface area contributed by atoms with E-state index in [-0.39, 0.29) is 29.2 Å². The minimum atomic E-state index is -0.526. The highest BCUT2D eigenvalue weighted by atomic mass is 16.6. The number of aliphatic hydroxyl groups is 1. The van der Waals surface area contributed by atoms with Gasteiger partial charge >= 0.3 is 6.09 Å². The molecular formula is C21H34N4O5. The number of benzene rings is 1. The first-order valence-corrected chi connectivity index (χ1v) is 10.5. The van der Waals surface area contributed by atoms with Crippen LogP contribution < -0.4 is 10.2 Å². The van der Waals surface area contributed by atoms with Gasteiger partial charge in [0.1, 0.15) is 11.3 Å². The Morgan fingerprint density at radius 3 is 2.53 bits per heavy atom. The van der Waals surface area contributed by atoms with Gasteiger partial charge in [-0.2, -0.15) is 0 Å². The van der Waals surface area contributed by atoms with Crippen molar-refractivity contribution >= 4 is 23.2 Å². The topological polar surface area (TPSA) is 108 Å². The van der Waals surface area contributed by atoms with Gasteiger partial charge in [-0.3, -0.25) is 10.1 Å². The fraction of sp³-hybridized carbons (Fsp3) is 0.667. The van der Waals surface area contributed by atoms with Crippen molar-refractivity contribution in [2.45, 2.75) is 46.1 Å². The molecule has 1 amide bonds. The lowest BCUT2D eigenvalue weighted by atomic mass is 10.1. The first-order valence-electron chi connectivity index (χ1n) is 10.5. The van der Waals surface area contributed by atoms with E-state index in [0.29, 0.717) is 44.8 Å². The van der Waals surface area contributed by atoms with E-state index in [1.54, 1.807) is 17.0 Å². The molecule has 1 aliphatic heterocycles. The number of nitro groups is 1. The van der Waals surface area contributed by atoms with Crippen molar-refractivity contribution in [1.29, 1.82) is 0 Å². The summed E-state index contributed by atoms with van der Waals surface area (Å²) in [5.41, 5.74) is 0.889. The van der Waals surface area contributed by atoms with Crippen molar-refractivity contribution in [3.05, 3.63) is 28.3 Å². The molecule has 9 nitrogen and oxygen atoms in total. The quantitative estimate of drug-likeness (QED) is 0.488. The van der Waals surface area contributed by atoms with Crippen molar-refractivity contribution in [3.8, 4) is 0 Å². The molecule has 0 bridgehead atoms. The van der Waals surface area contributed by atoms with Crippen molar-refractivity contribution in [2.24, 2.45) is 5.92 Å². The zero-order valence-electron chi connectivity index (χ0n) is 18.4. The maximum absolute atomic E-state index is 12.2. The van der Waals surface area contributed by atoms with Gasteiger partial charge in [0.2, 0.25) is 0 Å². The highest BCUT2D eigenvalue weighted by Crippen LogP contribution is 2.30. The van der Waals surface area contributed by atoms with Crippen LogP contribution in [0.1, 0.15) is 40.5 Å². The molecule has 1 heterocycles. The molecule has 9 heteroatoms. The lowest BCUT2D eigenvalue weighted by molar-refractivity contribution is -0.383. The summed E-state index contributed by atoms with van der Waals surface area (Å²) in [6, 6.07) is 5.08. The van der Waals surface area contributed by atoms with Crippen LogP contribution in [0.4, 0.5) is 21.9 Å². The van der Waals surface area contributed by atoms with E-state index in [0.717, 1.165) is 12.1 Å². The number of nitrogens with one attached hydrogen (secondary N) is 1. The third kappa shape index (κ3) is 7.05. The molecule has 30 heavy (non-hydrogen) atoms. The van der Waals surface area contributed by atoms with Gasteiger partial charge in [0, 0.05) is 51.1 Å². The first kappa shape index (κ1) is 23.7. The van der Waals surface area contributed by atoms with E-state index >= 15 is 0 Å². The van der Waals surface area contributed by atoms with E-state index in [1.165, 1.54) is 6.07 Å². The number of aliphatic hydroxyl groups excluding tert-OH is 1. The molecule has 0 aliphatic carbocycles. The molecule has 0 unspecified atom stereocenters. The molecule has 0 spiro atoms. The van der Waals surface area contributed by atoms with Gasteiger partial charge in [0.15, 0.2) is 0 Å². The maximum Gasteiger partial charge on any atom is 0.410 e. The number of hydrogen-bond acceptors (Lipinski definition) is 7. The molecule has 0 aromatic heterocycles. The number of amides is 1. The zero-order chi connectivity index (χ0) is 22.3. The Bertz CT molecular complexity index is 727. The van der Waals surface area contributed by atoms with Crippen molar-refractivity contribution < 1.29 is 19.6 Å². The average molecular weight is 423 g/mol. The van der Waals surface area contributed by atoms with Crippen molar-refractivity contribution in [2.75, 3.05) is 49.5 Å². The number of hydrogen-bond donors (Lipinski definition) is 2. The largest absolute Gasteiger partial charge is 0.444 e. The summed E-state index contributed by atoms with van der Waals surface area (Å²) in [6.07, 6.45) is 1.25. The molecule has 1 fully saturated rings. The summed E-state index contributed by atoms with van der Waals surface area (Å²) in [5.74, 6) is 0.290. The molecule has 0 radical (unpaired) electrons. The molecule has 1 saturated heterocycles. The molecular weight excluding hydrogens is 388 g/mol. The van der Waals surface area contributed by atoms with Crippen LogP contribution in [0.3, 0.4) is 0 Å². The van der Waals surface area contributed by atoms with Crippen LogP contribution in [0.15, 0.2) is 18.2 Å². The number of piperazine rings is 1. The highest BCUT2D eigenvalue weighted by Gasteiger charge is 2.26. The number of carbonyl (C=O) groups is 1. The van der Waals surface area contributed by atoms with Crippen LogP contribution in [-0.2, 0) is 4.74 Å². The molecule has 1 aliphatic rings. The maximum atomic E-state index is 12.2. The van der Waals surface area contributed by atoms with E-state index in [4.69, 9.17) is 9.84 Å². The van der Waals surface area contributed by atoms with Gasteiger partial charge in [-0.05, 0) is 51.7 Å². The third-order valence-corrected chi connectivity index (χ3v) is 4.97. The first-order chi connectivity index (χ1) is 14.1. The number of nitro benzene ring substituents is 1. The summed E-state index contributed by atoms with van der Waals surface area (Å²) in [6.45, 7) is 10.7. The lowest BCUT2D eigenvalue weighted by Gasteiger charge is -2.36. The van der Waals surface area contributed by atoms with E-state index < -0.39 is 5.60 Å². The van der Waals surface area contributed by atoms with Gasteiger partial charge in [0.25, 0.3) is 5.69 Å². The monoisotopic (exact) mass is 422 g/mol. The van der Waals surface area contributed by atoms with E-state index in [2.05, 4.69) is 10.2 Å². The van der Waals surface area contributed by atoms with Gasteiger partial charge in [-0.15, -0.1) is 0 Å². The fourth-order valence-electron chi connectivity index (χ4n) is 3.32. The number of carbonyl (C=O) groups excluding carboxylic acids is 1. The summed E-state index contributed by atoms with van der Waals surface area (Å²) in [4.78, 5) is 27.1. The molecule has 1 aromatic carbocycles. The summed E-state index contributed by atoms with van der Waals surface area (Å²) in [7, 11) is 0. The third-order valence-electron chi connectivity index (χ3n) is 4.97. The molecule has 1 atom stereocenters. The van der Waals surface area contributed by atoms with Gasteiger partial charge in [0.05, 0.1) is 4.92 Å². The standard InChI is InChI=1S/C21H34N4O5/c1-16(6-5-13-26)15-22-18-14-17(7-8-19(18)25(28)29)23-9-11-24(12-10-23)20(27)30-21(2,3)4/h7-8,14,16,22,26H,5-6,9-13,15H2,1-4H3/t16-/m1/s1. The zero-order valence-corrected chi connectivity index (χ0v) is 18.4. The SMILES string of the molecule is C[C@H](CCCO)CNc1cc(N2CCN(C(=O)OC(C)(C)C)CC2)ccc1[N+](=O)[O-].